The van der Waals surface area contributed by atoms with Crippen LogP contribution in [0.4, 0.5) is 5.82 Å². The number of ether oxygens (including phenoxy) is 1. The number of aromatic amines is 1. The zero-order chi connectivity index (χ0) is 30.2. The summed E-state index contributed by atoms with van der Waals surface area (Å²) in [6.45, 7) is -3.64. The molecule has 3 aliphatic rings. The summed E-state index contributed by atoms with van der Waals surface area (Å²) in [5.41, 5.74) is 7.16. The Morgan fingerprint density at radius 2 is 1.89 bits per heavy atom. The van der Waals surface area contributed by atoms with E-state index in [1.54, 1.807) is 10.9 Å². The molecule has 5 aromatic heterocycles. The number of anilines is 1. The van der Waals surface area contributed by atoms with E-state index in [1.807, 2.05) is 4.57 Å². The lowest BCUT2D eigenvalue weighted by Gasteiger charge is -2.44. The highest BCUT2D eigenvalue weighted by atomic mass is 32.5. The molecule has 0 amide bonds. The van der Waals surface area contributed by atoms with E-state index >= 15 is 0 Å². The number of aromatic nitrogens is 9. The molecule has 7 heterocycles. The van der Waals surface area contributed by atoms with Crippen LogP contribution in [0.5, 0.6) is 0 Å². The summed E-state index contributed by atoms with van der Waals surface area (Å²) in [5.74, 6) is 0.268. The maximum atomic E-state index is 13.1. The third kappa shape index (κ3) is 4.76. The summed E-state index contributed by atoms with van der Waals surface area (Å²) in [5, 5.41) is 0. The highest BCUT2D eigenvalue weighted by molar-refractivity contribution is 8.07. The molecule has 8 atom stereocenters. The first-order valence-electron chi connectivity index (χ1n) is 13.6. The van der Waals surface area contributed by atoms with Gasteiger partial charge in [-0.15, -0.1) is 9.05 Å². The van der Waals surface area contributed by atoms with Gasteiger partial charge in [-0.25, -0.2) is 29.3 Å². The minimum Gasteiger partial charge on any atom is -0.382 e. The minimum absolute atomic E-state index is 0.0533. The Morgan fingerprint density at radius 1 is 1.07 bits per heavy atom. The summed E-state index contributed by atoms with van der Waals surface area (Å²) in [4.78, 5) is 48.0. The second kappa shape index (κ2) is 10.7. The van der Waals surface area contributed by atoms with Crippen molar-refractivity contribution < 1.29 is 32.3 Å². The molecule has 44 heavy (non-hydrogen) atoms. The molecule has 1 saturated carbocycles. The third-order valence-corrected chi connectivity index (χ3v) is 10.7. The Bertz CT molecular complexity index is 2030. The Morgan fingerprint density at radius 3 is 2.77 bits per heavy atom. The number of nitrogen functional groups attached to an aromatic ring is 1. The van der Waals surface area contributed by atoms with Crippen molar-refractivity contribution in [1.82, 2.24) is 43.4 Å². The van der Waals surface area contributed by atoms with Gasteiger partial charge in [0.1, 0.15) is 24.1 Å². The van der Waals surface area contributed by atoms with Gasteiger partial charge in [0.15, 0.2) is 29.3 Å². The maximum Gasteiger partial charge on any atom is 0.697 e. The van der Waals surface area contributed by atoms with Crippen molar-refractivity contribution in [2.75, 3.05) is 25.6 Å². The molecular weight excluding hydrogens is 638 g/mol. The lowest BCUT2D eigenvalue weighted by atomic mass is 9.70. The molecule has 2 saturated heterocycles. The van der Waals surface area contributed by atoms with Crippen LogP contribution in [0.15, 0.2) is 36.2 Å². The summed E-state index contributed by atoms with van der Waals surface area (Å²) in [6, 6.07) is -0.133. The molecule has 8 rings (SSSR count). The predicted octanol–water partition coefficient (Wildman–Crippen LogP) is 1.58. The molecule has 0 spiro atoms. The molecule has 2 aliphatic heterocycles. The number of nitrogens with two attached hydrogens (primary N) is 1. The van der Waals surface area contributed by atoms with Crippen LogP contribution >= 0.6 is 15.0 Å². The molecule has 0 aromatic carbocycles. The quantitative estimate of drug-likeness (QED) is 0.228. The van der Waals surface area contributed by atoms with Gasteiger partial charge in [-0.05, 0) is 24.1 Å². The van der Waals surface area contributed by atoms with Crippen molar-refractivity contribution in [2.45, 2.75) is 37.3 Å². The van der Waals surface area contributed by atoms with Crippen LogP contribution in [0.3, 0.4) is 0 Å². The smallest absolute Gasteiger partial charge is 0.382 e. The van der Waals surface area contributed by atoms with Gasteiger partial charge in [-0.2, -0.15) is 0 Å². The van der Waals surface area contributed by atoms with Gasteiger partial charge >= 0.3 is 15.0 Å². The van der Waals surface area contributed by atoms with Crippen LogP contribution in [0.2, 0.25) is 0 Å². The number of hydrogen-bond donors (Lipinski definition) is 3. The van der Waals surface area contributed by atoms with Gasteiger partial charge in [-0.3, -0.25) is 9.36 Å². The monoisotopic (exact) mass is 663 g/mol. The highest BCUT2D eigenvalue weighted by Crippen LogP contribution is 2.52. The SMILES string of the molecule is Nc1ncnc2c1ncn2[C@@H]1C[C@@H]2CO[P+](=O)O[C@@H]3C[C@@H](COP(O)(=S)OC[C@H]21)O[C@H]3n1cnc2c(=O)n3ccnc3[nH]c21. The van der Waals surface area contributed by atoms with Crippen molar-refractivity contribution in [1.29, 1.82) is 0 Å². The van der Waals surface area contributed by atoms with Crippen LogP contribution in [0.25, 0.3) is 28.1 Å². The van der Waals surface area contributed by atoms with E-state index in [1.165, 1.54) is 29.4 Å². The van der Waals surface area contributed by atoms with Gasteiger partial charge < -0.3 is 34.0 Å². The first-order valence-corrected chi connectivity index (χ1v) is 17.3. The molecule has 5 aromatic rings. The molecule has 18 nitrogen and oxygen atoms in total. The van der Waals surface area contributed by atoms with Gasteiger partial charge in [0, 0.05) is 35.3 Å². The van der Waals surface area contributed by atoms with Crippen molar-refractivity contribution in [3.8, 4) is 0 Å². The van der Waals surface area contributed by atoms with Gasteiger partial charge in [0.25, 0.3) is 5.56 Å². The van der Waals surface area contributed by atoms with Crippen LogP contribution in [-0.2, 0) is 39.2 Å². The van der Waals surface area contributed by atoms with Crippen LogP contribution in [0, 0.1) is 11.8 Å². The van der Waals surface area contributed by atoms with E-state index in [0.29, 0.717) is 29.0 Å². The molecular formula is C23H25N10O8P2S+. The summed E-state index contributed by atoms with van der Waals surface area (Å²) < 4.78 is 47.2. The van der Waals surface area contributed by atoms with E-state index in [4.69, 9.17) is 40.4 Å². The molecule has 1 aliphatic carbocycles. The topological polar surface area (TPSA) is 221 Å². The van der Waals surface area contributed by atoms with Gasteiger partial charge in [0.05, 0.1) is 32.0 Å². The van der Waals surface area contributed by atoms with E-state index in [2.05, 4.69) is 29.9 Å². The fraction of sp³-hybridized carbons (Fsp3) is 0.478. The van der Waals surface area contributed by atoms with E-state index < -0.39 is 33.4 Å². The zero-order valence-electron chi connectivity index (χ0n) is 22.6. The largest absolute Gasteiger partial charge is 0.697 e. The number of nitrogens with zero attached hydrogens (tertiary/aromatic N) is 8. The fourth-order valence-electron chi connectivity index (χ4n) is 6.12. The molecule has 3 fully saturated rings. The Labute approximate surface area is 252 Å². The first-order chi connectivity index (χ1) is 21.3. The Balaban J connectivity index is 1.06. The second-order valence-corrected chi connectivity index (χ2v) is 14.6. The number of rotatable bonds is 2. The van der Waals surface area contributed by atoms with Crippen LogP contribution in [0.1, 0.15) is 25.1 Å². The fourth-order valence-corrected chi connectivity index (χ4v) is 8.06. The average molecular weight is 664 g/mol. The molecule has 4 N–H and O–H groups in total. The summed E-state index contributed by atoms with van der Waals surface area (Å²) >= 11 is 5.33. The normalized spacial score (nSPS) is 32.5. The van der Waals surface area contributed by atoms with E-state index in [-0.39, 0.29) is 61.0 Å². The van der Waals surface area contributed by atoms with Crippen molar-refractivity contribution in [3.05, 3.63) is 41.7 Å². The van der Waals surface area contributed by atoms with Gasteiger partial charge in [0.2, 0.25) is 5.78 Å². The number of imidazole rings is 3. The number of fused-ring (bicyclic) bond motifs is 6. The zero-order valence-corrected chi connectivity index (χ0v) is 25.3. The second-order valence-electron chi connectivity index (χ2n) is 10.8. The lowest BCUT2D eigenvalue weighted by Crippen LogP contribution is -2.43. The number of hydrogen-bond acceptors (Lipinski definition) is 14. The minimum atomic E-state index is -3.68. The first kappa shape index (κ1) is 28.2. The highest BCUT2D eigenvalue weighted by Gasteiger charge is 2.48. The standard InChI is InChI=1S/C23H24N10O8P2S/c24-18-16-19(27-8-26-18)32(9-28-16)14-3-11-5-37-42(35)41-15-4-12(6-38-43(36,44)39-7-13(11)14)40-22(15)33-10-29-17-20(33)30-23-25-1-2-31(23)21(17)34/h1-2,8-15,22H,3-7H2,(H3-,24,25,26,27,30,34,36,44)/p+1/t11-,12+,13-,14-,15-,22-,43?/m1/s1. The van der Waals surface area contributed by atoms with Crippen molar-refractivity contribution >= 4 is 60.7 Å². The third-order valence-electron chi connectivity index (χ3n) is 8.36. The molecule has 0 radical (unpaired) electrons. The Hall–Kier alpha value is -3.25. The van der Waals surface area contributed by atoms with Gasteiger partial charge in [-0.1, -0.05) is 0 Å². The van der Waals surface area contributed by atoms with E-state index in [9.17, 15) is 14.3 Å². The lowest BCUT2D eigenvalue weighted by molar-refractivity contribution is -0.0430. The van der Waals surface area contributed by atoms with E-state index in [0.717, 1.165) is 0 Å². The predicted molar refractivity (Wildman–Crippen MR) is 155 cm³/mol. The number of H-pyrrole nitrogens is 1. The van der Waals surface area contributed by atoms with Crippen LogP contribution in [-0.4, -0.2) is 80.4 Å². The average Bonchev–Trinajstić information content (AvgIpc) is 3.78. The summed E-state index contributed by atoms with van der Waals surface area (Å²) in [7, 11) is -2.57. The summed E-state index contributed by atoms with van der Waals surface area (Å²) in [6.07, 6.45) is 6.05. The van der Waals surface area contributed by atoms with Crippen molar-refractivity contribution in [3.63, 3.8) is 0 Å². The maximum absolute atomic E-state index is 13.1. The molecule has 2 unspecified atom stereocenters. The molecule has 2 bridgehead atoms. The Kier molecular flexibility index (Phi) is 6.86. The van der Waals surface area contributed by atoms with Crippen LogP contribution < -0.4 is 11.3 Å². The molecule has 230 valence electrons. The molecule has 21 heteroatoms. The van der Waals surface area contributed by atoms with Crippen molar-refractivity contribution in [2.24, 2.45) is 11.8 Å². The number of nitrogens with one attached hydrogen (secondary N) is 1.